The molecule has 2 N–H and O–H groups in total. The third-order valence-corrected chi connectivity index (χ3v) is 1.94. The molecule has 0 amide bonds. The average Bonchev–Trinajstić information content (AvgIpc) is 2.66. The van der Waals surface area contributed by atoms with Gasteiger partial charge in [0.25, 0.3) is 0 Å². The van der Waals surface area contributed by atoms with Crippen molar-refractivity contribution in [2.24, 2.45) is 0 Å². The first-order valence-corrected chi connectivity index (χ1v) is 4.32. The molecule has 0 unspecified atom stereocenters. The van der Waals surface area contributed by atoms with Crippen molar-refractivity contribution >= 4 is 5.82 Å². The van der Waals surface area contributed by atoms with E-state index in [9.17, 15) is 5.11 Å². The van der Waals surface area contributed by atoms with Gasteiger partial charge in [0, 0.05) is 25.4 Å². The zero-order valence-corrected chi connectivity index (χ0v) is 7.81. The number of aromatic hydroxyl groups is 1. The SMILES string of the molecule is CNc1ccn(-c2cccc(O)c2)n1. The standard InChI is InChI=1S/C10H11N3O/c1-11-10-5-6-13(12-10)8-3-2-4-9(14)7-8/h2-7,14H,1H3,(H,11,12). The summed E-state index contributed by atoms with van der Waals surface area (Å²) in [4.78, 5) is 0. The number of aromatic nitrogens is 2. The van der Waals surface area contributed by atoms with Gasteiger partial charge in [-0.25, -0.2) is 4.68 Å². The Hall–Kier alpha value is -1.97. The van der Waals surface area contributed by atoms with Gasteiger partial charge in [-0.2, -0.15) is 5.10 Å². The molecule has 1 aromatic carbocycles. The second-order valence-corrected chi connectivity index (χ2v) is 2.92. The van der Waals surface area contributed by atoms with Gasteiger partial charge in [-0.05, 0) is 12.1 Å². The van der Waals surface area contributed by atoms with Crippen LogP contribution in [0.15, 0.2) is 36.5 Å². The van der Waals surface area contributed by atoms with E-state index < -0.39 is 0 Å². The minimum atomic E-state index is 0.240. The highest BCUT2D eigenvalue weighted by Gasteiger charge is 1.99. The molecule has 2 rings (SSSR count). The predicted octanol–water partition coefficient (Wildman–Crippen LogP) is 1.62. The first kappa shape index (κ1) is 8.62. The molecule has 0 aliphatic carbocycles. The maximum Gasteiger partial charge on any atom is 0.148 e. The molecule has 0 aliphatic rings. The molecular formula is C10H11N3O. The third-order valence-electron chi connectivity index (χ3n) is 1.94. The Bertz CT molecular complexity index is 436. The Morgan fingerprint density at radius 3 is 2.86 bits per heavy atom. The summed E-state index contributed by atoms with van der Waals surface area (Å²) in [5.41, 5.74) is 0.839. The van der Waals surface area contributed by atoms with Gasteiger partial charge in [-0.3, -0.25) is 0 Å². The lowest BCUT2D eigenvalue weighted by Crippen LogP contribution is -1.96. The summed E-state index contributed by atoms with van der Waals surface area (Å²) < 4.78 is 1.70. The smallest absolute Gasteiger partial charge is 0.148 e. The Kier molecular flexibility index (Phi) is 2.10. The van der Waals surface area contributed by atoms with Gasteiger partial charge < -0.3 is 10.4 Å². The van der Waals surface area contributed by atoms with Crippen LogP contribution in [0.25, 0.3) is 5.69 Å². The van der Waals surface area contributed by atoms with Gasteiger partial charge in [0.05, 0.1) is 5.69 Å². The summed E-state index contributed by atoms with van der Waals surface area (Å²) in [6.45, 7) is 0. The molecule has 1 aromatic heterocycles. The minimum absolute atomic E-state index is 0.240. The molecule has 0 aliphatic heterocycles. The van der Waals surface area contributed by atoms with Crippen LogP contribution >= 0.6 is 0 Å². The molecule has 0 atom stereocenters. The lowest BCUT2D eigenvalue weighted by atomic mass is 10.3. The van der Waals surface area contributed by atoms with E-state index in [0.29, 0.717) is 0 Å². The van der Waals surface area contributed by atoms with Crippen molar-refractivity contribution in [1.29, 1.82) is 0 Å². The van der Waals surface area contributed by atoms with Crippen LogP contribution in [0.2, 0.25) is 0 Å². The Morgan fingerprint density at radius 1 is 1.36 bits per heavy atom. The molecule has 4 heteroatoms. The fraction of sp³-hybridized carbons (Fsp3) is 0.100. The van der Waals surface area contributed by atoms with E-state index in [4.69, 9.17) is 0 Å². The predicted molar refractivity (Wildman–Crippen MR) is 54.8 cm³/mol. The van der Waals surface area contributed by atoms with Gasteiger partial charge in [0.2, 0.25) is 0 Å². The monoisotopic (exact) mass is 189 g/mol. The molecule has 0 fully saturated rings. The van der Waals surface area contributed by atoms with Gasteiger partial charge in [-0.15, -0.1) is 0 Å². The summed E-state index contributed by atoms with van der Waals surface area (Å²) in [5, 5.41) is 16.5. The van der Waals surface area contributed by atoms with Crippen molar-refractivity contribution in [2.45, 2.75) is 0 Å². The second-order valence-electron chi connectivity index (χ2n) is 2.92. The number of nitrogens with zero attached hydrogens (tertiary/aromatic N) is 2. The normalized spacial score (nSPS) is 10.1. The first-order chi connectivity index (χ1) is 6.79. The molecular weight excluding hydrogens is 178 g/mol. The number of anilines is 1. The van der Waals surface area contributed by atoms with Gasteiger partial charge in [0.15, 0.2) is 0 Å². The fourth-order valence-corrected chi connectivity index (χ4v) is 1.24. The van der Waals surface area contributed by atoms with Crippen molar-refractivity contribution < 1.29 is 5.11 Å². The van der Waals surface area contributed by atoms with Crippen molar-refractivity contribution in [3.63, 3.8) is 0 Å². The molecule has 72 valence electrons. The van der Waals surface area contributed by atoms with E-state index in [-0.39, 0.29) is 5.75 Å². The van der Waals surface area contributed by atoms with Crippen molar-refractivity contribution in [3.05, 3.63) is 36.5 Å². The van der Waals surface area contributed by atoms with Gasteiger partial charge in [-0.1, -0.05) is 6.07 Å². The van der Waals surface area contributed by atoms with Crippen molar-refractivity contribution in [2.75, 3.05) is 12.4 Å². The number of hydrogen-bond donors (Lipinski definition) is 2. The lowest BCUT2D eigenvalue weighted by Gasteiger charge is -2.01. The number of rotatable bonds is 2. The zero-order chi connectivity index (χ0) is 9.97. The molecule has 4 nitrogen and oxygen atoms in total. The van der Waals surface area contributed by atoms with Gasteiger partial charge >= 0.3 is 0 Å². The maximum atomic E-state index is 9.28. The first-order valence-electron chi connectivity index (χ1n) is 4.32. The second kappa shape index (κ2) is 3.41. The molecule has 2 aromatic rings. The third kappa shape index (κ3) is 1.54. The molecule has 0 radical (unpaired) electrons. The van der Waals surface area contributed by atoms with Crippen LogP contribution in [0.5, 0.6) is 5.75 Å². The van der Waals surface area contributed by atoms with E-state index in [2.05, 4.69) is 10.4 Å². The molecule has 0 bridgehead atoms. The molecule has 14 heavy (non-hydrogen) atoms. The number of nitrogens with one attached hydrogen (secondary N) is 1. The summed E-state index contributed by atoms with van der Waals surface area (Å²) >= 11 is 0. The van der Waals surface area contributed by atoms with E-state index in [1.54, 1.807) is 22.9 Å². The van der Waals surface area contributed by atoms with Crippen LogP contribution < -0.4 is 5.32 Å². The average molecular weight is 189 g/mol. The summed E-state index contributed by atoms with van der Waals surface area (Å²) in [6, 6.07) is 8.82. The van der Waals surface area contributed by atoms with Crippen LogP contribution in [-0.2, 0) is 0 Å². The highest BCUT2D eigenvalue weighted by atomic mass is 16.3. The van der Waals surface area contributed by atoms with Crippen LogP contribution in [-0.4, -0.2) is 21.9 Å². The molecule has 0 saturated carbocycles. The summed E-state index contributed by atoms with van der Waals surface area (Å²) in [7, 11) is 1.81. The quantitative estimate of drug-likeness (QED) is 0.754. The van der Waals surface area contributed by atoms with Crippen molar-refractivity contribution in [3.8, 4) is 11.4 Å². The highest BCUT2D eigenvalue weighted by molar-refractivity contribution is 5.40. The van der Waals surface area contributed by atoms with Crippen LogP contribution in [0.3, 0.4) is 0 Å². The summed E-state index contributed by atoms with van der Waals surface area (Å²) in [6.07, 6.45) is 1.83. The lowest BCUT2D eigenvalue weighted by molar-refractivity contribution is 0.475. The van der Waals surface area contributed by atoms with E-state index in [1.165, 1.54) is 0 Å². The highest BCUT2D eigenvalue weighted by Crippen LogP contribution is 2.15. The van der Waals surface area contributed by atoms with E-state index in [1.807, 2.05) is 25.4 Å². The van der Waals surface area contributed by atoms with Crippen LogP contribution in [0.4, 0.5) is 5.82 Å². The number of phenols is 1. The van der Waals surface area contributed by atoms with Crippen LogP contribution in [0, 0.1) is 0 Å². The van der Waals surface area contributed by atoms with Crippen LogP contribution in [0.1, 0.15) is 0 Å². The van der Waals surface area contributed by atoms with E-state index in [0.717, 1.165) is 11.5 Å². The maximum absolute atomic E-state index is 9.28. The minimum Gasteiger partial charge on any atom is -0.508 e. The Labute approximate surface area is 81.8 Å². The molecule has 1 heterocycles. The Balaban J connectivity index is 2.39. The van der Waals surface area contributed by atoms with E-state index >= 15 is 0 Å². The zero-order valence-electron chi connectivity index (χ0n) is 7.81. The van der Waals surface area contributed by atoms with Crippen molar-refractivity contribution in [1.82, 2.24) is 9.78 Å². The topological polar surface area (TPSA) is 50.1 Å². The number of phenolic OH excluding ortho intramolecular Hbond substituents is 1. The molecule has 0 spiro atoms. The number of hydrogen-bond acceptors (Lipinski definition) is 3. The molecule has 0 saturated heterocycles. The summed E-state index contributed by atoms with van der Waals surface area (Å²) in [5.74, 6) is 1.04. The number of benzene rings is 1. The fourth-order valence-electron chi connectivity index (χ4n) is 1.24. The largest absolute Gasteiger partial charge is 0.508 e. The Morgan fingerprint density at radius 2 is 2.21 bits per heavy atom. The van der Waals surface area contributed by atoms with Gasteiger partial charge in [0.1, 0.15) is 11.6 Å².